The zero-order valence-corrected chi connectivity index (χ0v) is 10.3. The Labute approximate surface area is 92.8 Å². The number of allylic oxidation sites excluding steroid dienone is 1. The van der Waals surface area contributed by atoms with Gasteiger partial charge in [-0.2, -0.15) is 0 Å². The van der Waals surface area contributed by atoms with Crippen LogP contribution in [0, 0.1) is 5.41 Å². The second-order valence-corrected chi connectivity index (χ2v) is 5.16. The number of thiophene rings is 1. The molecule has 0 amide bonds. The van der Waals surface area contributed by atoms with E-state index in [2.05, 4.69) is 53.0 Å². The van der Waals surface area contributed by atoms with Crippen molar-refractivity contribution < 1.29 is 0 Å². The van der Waals surface area contributed by atoms with E-state index in [1.165, 1.54) is 11.3 Å². The molecule has 0 N–H and O–H groups in total. The number of alkyl halides is 1. The van der Waals surface area contributed by atoms with Crippen LogP contribution in [0.4, 0.5) is 0 Å². The predicted molar refractivity (Wildman–Crippen MR) is 64.7 cm³/mol. The molecule has 13 heavy (non-hydrogen) atoms. The number of aryl methyl sites for hydroxylation is 1. The molecule has 0 aromatic carbocycles. The highest BCUT2D eigenvalue weighted by Gasteiger charge is 2.18. The molecule has 0 aliphatic carbocycles. The van der Waals surface area contributed by atoms with Gasteiger partial charge in [0.2, 0.25) is 0 Å². The Kier molecular flexibility index (Phi) is 4.20. The van der Waals surface area contributed by atoms with Gasteiger partial charge in [0.25, 0.3) is 0 Å². The summed E-state index contributed by atoms with van der Waals surface area (Å²) in [5.41, 5.74) is 0.240. The lowest BCUT2D eigenvalue weighted by Crippen LogP contribution is -2.15. The van der Waals surface area contributed by atoms with Crippen molar-refractivity contribution in [3.8, 4) is 0 Å². The van der Waals surface area contributed by atoms with E-state index in [0.717, 1.165) is 11.8 Å². The lowest BCUT2D eigenvalue weighted by molar-refractivity contribution is 0.454. The summed E-state index contributed by atoms with van der Waals surface area (Å²) in [6.07, 6.45) is 4.38. The zero-order chi connectivity index (χ0) is 9.73. The van der Waals surface area contributed by atoms with Crippen LogP contribution in [0.1, 0.15) is 18.2 Å². The molecule has 1 unspecified atom stereocenters. The van der Waals surface area contributed by atoms with Crippen molar-refractivity contribution in [2.45, 2.75) is 19.8 Å². The molecule has 0 radical (unpaired) electrons. The van der Waals surface area contributed by atoms with Crippen LogP contribution in [0.15, 0.2) is 30.2 Å². The van der Waals surface area contributed by atoms with Gasteiger partial charge in [0, 0.05) is 10.2 Å². The molecule has 0 spiro atoms. The monoisotopic (exact) mass is 258 g/mol. The molecule has 1 rings (SSSR count). The first kappa shape index (κ1) is 11.0. The van der Waals surface area contributed by atoms with Crippen molar-refractivity contribution in [3.63, 3.8) is 0 Å². The third kappa shape index (κ3) is 3.28. The van der Waals surface area contributed by atoms with E-state index < -0.39 is 0 Å². The maximum Gasteiger partial charge on any atom is 0.0120 e. The van der Waals surface area contributed by atoms with Crippen LogP contribution in [-0.2, 0) is 6.42 Å². The van der Waals surface area contributed by atoms with Gasteiger partial charge in [0.15, 0.2) is 0 Å². The van der Waals surface area contributed by atoms with Gasteiger partial charge >= 0.3 is 0 Å². The van der Waals surface area contributed by atoms with Gasteiger partial charge in [0.05, 0.1) is 0 Å². The molecule has 0 aliphatic rings. The molecule has 1 aromatic heterocycles. The lowest BCUT2D eigenvalue weighted by Gasteiger charge is -2.22. The van der Waals surface area contributed by atoms with Gasteiger partial charge < -0.3 is 0 Å². The van der Waals surface area contributed by atoms with E-state index in [4.69, 9.17) is 0 Å². The molecule has 0 nitrogen and oxygen atoms in total. The summed E-state index contributed by atoms with van der Waals surface area (Å²) in [5.74, 6) is 0. The molecule has 1 aromatic rings. The summed E-state index contributed by atoms with van der Waals surface area (Å²) in [6.45, 7) is 6.12. The molecular weight excluding hydrogens is 244 g/mol. The number of hydrogen-bond acceptors (Lipinski definition) is 1. The van der Waals surface area contributed by atoms with Crippen LogP contribution in [0.5, 0.6) is 0 Å². The summed E-state index contributed by atoms with van der Waals surface area (Å²) in [6, 6.07) is 4.31. The Morgan fingerprint density at radius 1 is 1.69 bits per heavy atom. The van der Waals surface area contributed by atoms with E-state index in [-0.39, 0.29) is 5.41 Å². The highest BCUT2D eigenvalue weighted by molar-refractivity contribution is 9.09. The second kappa shape index (κ2) is 4.97. The third-order valence-corrected chi connectivity index (χ3v) is 4.54. The fourth-order valence-corrected chi connectivity index (χ4v) is 2.31. The average Bonchev–Trinajstić information content (AvgIpc) is 2.67. The summed E-state index contributed by atoms with van der Waals surface area (Å²) >= 11 is 5.36. The minimum atomic E-state index is 0.240. The second-order valence-electron chi connectivity index (χ2n) is 3.57. The molecule has 1 atom stereocenters. The predicted octanol–water partition coefficient (Wildman–Crippen LogP) is 4.27. The minimum absolute atomic E-state index is 0.240. The Hall–Kier alpha value is -0.0800. The van der Waals surface area contributed by atoms with Gasteiger partial charge in [-0.15, -0.1) is 17.9 Å². The van der Waals surface area contributed by atoms with Crippen LogP contribution in [-0.4, -0.2) is 5.33 Å². The maximum absolute atomic E-state index is 3.88. The van der Waals surface area contributed by atoms with Crippen molar-refractivity contribution in [3.05, 3.63) is 35.0 Å². The van der Waals surface area contributed by atoms with Crippen molar-refractivity contribution in [1.82, 2.24) is 0 Å². The van der Waals surface area contributed by atoms with Gasteiger partial charge in [-0.1, -0.05) is 35.0 Å². The van der Waals surface area contributed by atoms with Crippen molar-refractivity contribution >= 4 is 27.3 Å². The van der Waals surface area contributed by atoms with E-state index in [0.29, 0.717) is 0 Å². The first-order valence-corrected chi connectivity index (χ1v) is 6.42. The normalized spacial score (nSPS) is 15.2. The maximum atomic E-state index is 3.88. The topological polar surface area (TPSA) is 0 Å². The first-order chi connectivity index (χ1) is 6.20. The van der Waals surface area contributed by atoms with Gasteiger partial charge in [-0.05, 0) is 29.7 Å². The lowest BCUT2D eigenvalue weighted by atomic mass is 9.88. The van der Waals surface area contributed by atoms with Gasteiger partial charge in [0.1, 0.15) is 0 Å². The largest absolute Gasteiger partial charge is 0.149 e. The Bertz CT molecular complexity index is 253. The molecular formula is C11H15BrS. The van der Waals surface area contributed by atoms with Crippen molar-refractivity contribution in [2.75, 3.05) is 5.33 Å². The molecule has 0 saturated carbocycles. The standard InChI is InChI=1S/C11H15BrS/c1-3-11(2,9-12)7-6-10-5-4-8-13-10/h3-5,8H,1,6-7,9H2,2H3. The van der Waals surface area contributed by atoms with Crippen molar-refractivity contribution in [2.24, 2.45) is 5.41 Å². The average molecular weight is 259 g/mol. The summed E-state index contributed by atoms with van der Waals surface area (Å²) in [4.78, 5) is 1.47. The highest BCUT2D eigenvalue weighted by Crippen LogP contribution is 2.28. The molecule has 0 aliphatic heterocycles. The van der Waals surface area contributed by atoms with Gasteiger partial charge in [-0.25, -0.2) is 0 Å². The van der Waals surface area contributed by atoms with Crippen LogP contribution in [0.25, 0.3) is 0 Å². The fourth-order valence-electron chi connectivity index (χ4n) is 1.09. The SMILES string of the molecule is C=CC(C)(CBr)CCc1cccs1. The molecule has 0 bridgehead atoms. The summed E-state index contributed by atoms with van der Waals surface area (Å²) in [7, 11) is 0. The Morgan fingerprint density at radius 2 is 2.46 bits per heavy atom. The Morgan fingerprint density at radius 3 is 2.92 bits per heavy atom. The van der Waals surface area contributed by atoms with Crippen molar-refractivity contribution in [1.29, 1.82) is 0 Å². The van der Waals surface area contributed by atoms with E-state index in [1.54, 1.807) is 0 Å². The van der Waals surface area contributed by atoms with E-state index in [1.807, 2.05) is 11.3 Å². The van der Waals surface area contributed by atoms with Crippen LogP contribution < -0.4 is 0 Å². The molecule has 1 heterocycles. The van der Waals surface area contributed by atoms with Crippen LogP contribution in [0.3, 0.4) is 0 Å². The first-order valence-electron chi connectivity index (χ1n) is 4.42. The zero-order valence-electron chi connectivity index (χ0n) is 7.92. The molecule has 0 saturated heterocycles. The number of halogens is 1. The third-order valence-electron chi connectivity index (χ3n) is 2.32. The highest BCUT2D eigenvalue weighted by atomic mass is 79.9. The Balaban J connectivity index is 2.45. The summed E-state index contributed by atoms with van der Waals surface area (Å²) < 4.78 is 0. The molecule has 72 valence electrons. The van der Waals surface area contributed by atoms with E-state index >= 15 is 0 Å². The van der Waals surface area contributed by atoms with E-state index in [9.17, 15) is 0 Å². The fraction of sp³-hybridized carbons (Fsp3) is 0.455. The quantitative estimate of drug-likeness (QED) is 0.547. The minimum Gasteiger partial charge on any atom is -0.149 e. The van der Waals surface area contributed by atoms with Crippen LogP contribution in [0.2, 0.25) is 0 Å². The summed E-state index contributed by atoms with van der Waals surface area (Å²) in [5, 5.41) is 3.13. The van der Waals surface area contributed by atoms with Gasteiger partial charge in [-0.3, -0.25) is 0 Å². The van der Waals surface area contributed by atoms with Crippen LogP contribution >= 0.6 is 27.3 Å². The smallest absolute Gasteiger partial charge is 0.0120 e. The molecule has 0 fully saturated rings. The number of hydrogen-bond donors (Lipinski definition) is 0. The molecule has 2 heteroatoms. The number of rotatable bonds is 5.